The molecule has 0 aliphatic carbocycles. The van der Waals surface area contributed by atoms with Gasteiger partial charge in [-0.05, 0) is 26.3 Å². The summed E-state index contributed by atoms with van der Waals surface area (Å²) < 4.78 is 5.44. The average molecular weight is 154 g/mol. The summed E-state index contributed by atoms with van der Waals surface area (Å²) in [5, 5.41) is 3.36. The highest BCUT2D eigenvalue weighted by atomic mass is 16.5. The summed E-state index contributed by atoms with van der Waals surface area (Å²) in [6.07, 6.45) is 2.44. The minimum Gasteiger partial charge on any atom is -0.478 e. The van der Waals surface area contributed by atoms with Crippen molar-refractivity contribution < 1.29 is 4.74 Å². The van der Waals surface area contributed by atoms with E-state index < -0.39 is 0 Å². The maximum absolute atomic E-state index is 5.44. The number of aliphatic imine (C=N–C) groups is 1. The van der Waals surface area contributed by atoms with E-state index in [4.69, 9.17) is 4.74 Å². The number of rotatable bonds is 1. The smallest absolute Gasteiger partial charge is 0.201 e. The van der Waals surface area contributed by atoms with Crippen LogP contribution in [0.3, 0.4) is 0 Å². The zero-order chi connectivity index (χ0) is 7.68. The Labute approximate surface area is 66.8 Å². The molecule has 0 amide bonds. The first kappa shape index (κ1) is 7.10. The summed E-state index contributed by atoms with van der Waals surface area (Å²) in [7, 11) is 0. The van der Waals surface area contributed by atoms with E-state index in [-0.39, 0.29) is 0 Å². The Morgan fingerprint density at radius 1 is 1.64 bits per heavy atom. The molecule has 2 heterocycles. The van der Waals surface area contributed by atoms with Crippen molar-refractivity contribution in [1.29, 1.82) is 0 Å². The Morgan fingerprint density at radius 3 is 3.09 bits per heavy atom. The topological polar surface area (TPSA) is 33.6 Å². The molecule has 2 rings (SSSR count). The van der Waals surface area contributed by atoms with E-state index in [1.165, 1.54) is 12.8 Å². The molecule has 11 heavy (non-hydrogen) atoms. The number of nitrogens with one attached hydrogen (secondary N) is 1. The normalized spacial score (nSPS) is 37.0. The van der Waals surface area contributed by atoms with Gasteiger partial charge in [0.25, 0.3) is 0 Å². The van der Waals surface area contributed by atoms with Crippen molar-refractivity contribution in [3.05, 3.63) is 0 Å². The largest absolute Gasteiger partial charge is 0.478 e. The molecule has 3 heteroatoms. The third-order valence-corrected chi connectivity index (χ3v) is 2.18. The molecule has 0 aromatic heterocycles. The number of nitrogens with zero attached hydrogens (tertiary/aromatic N) is 1. The Bertz CT molecular complexity index is 173. The van der Waals surface area contributed by atoms with E-state index in [0.717, 1.165) is 19.0 Å². The van der Waals surface area contributed by atoms with E-state index in [1.807, 2.05) is 0 Å². The molecule has 2 atom stereocenters. The Morgan fingerprint density at radius 2 is 2.55 bits per heavy atom. The summed E-state index contributed by atoms with van der Waals surface area (Å²) in [4.78, 5) is 4.40. The number of hydrogen-bond acceptors (Lipinski definition) is 3. The molecule has 2 aliphatic rings. The molecule has 3 nitrogen and oxygen atoms in total. The Hall–Kier alpha value is -0.570. The summed E-state index contributed by atoms with van der Waals surface area (Å²) in [6, 6.07) is 0.785. The molecule has 0 spiro atoms. The highest BCUT2D eigenvalue weighted by Gasteiger charge is 2.25. The predicted molar refractivity (Wildman–Crippen MR) is 43.9 cm³/mol. The molecule has 62 valence electrons. The fourth-order valence-corrected chi connectivity index (χ4v) is 1.58. The van der Waals surface area contributed by atoms with E-state index in [2.05, 4.69) is 17.2 Å². The first-order valence-electron chi connectivity index (χ1n) is 4.30. The zero-order valence-corrected chi connectivity index (χ0v) is 6.84. The molecule has 1 saturated heterocycles. The van der Waals surface area contributed by atoms with Crippen LogP contribution in [0.5, 0.6) is 0 Å². The fourth-order valence-electron chi connectivity index (χ4n) is 1.58. The van der Waals surface area contributed by atoms with Gasteiger partial charge >= 0.3 is 0 Å². The molecule has 0 saturated carbocycles. The molecule has 0 aromatic rings. The van der Waals surface area contributed by atoms with Gasteiger partial charge in [-0.2, -0.15) is 0 Å². The second-order valence-electron chi connectivity index (χ2n) is 3.28. The van der Waals surface area contributed by atoms with Crippen LogP contribution >= 0.6 is 0 Å². The number of hydrogen-bond donors (Lipinski definition) is 1. The summed E-state index contributed by atoms with van der Waals surface area (Å²) in [6.45, 7) is 3.97. The molecular formula is C8H14N2O. The second-order valence-corrected chi connectivity index (χ2v) is 3.28. The van der Waals surface area contributed by atoms with Crippen LogP contribution in [0, 0.1) is 0 Å². The third-order valence-electron chi connectivity index (χ3n) is 2.18. The minimum atomic E-state index is 0.368. The molecule has 1 fully saturated rings. The van der Waals surface area contributed by atoms with Crippen molar-refractivity contribution >= 4 is 5.90 Å². The van der Waals surface area contributed by atoms with Crippen molar-refractivity contribution in [2.24, 2.45) is 4.99 Å². The quantitative estimate of drug-likeness (QED) is 0.598. The van der Waals surface area contributed by atoms with Crippen LogP contribution in [-0.4, -0.2) is 31.1 Å². The monoisotopic (exact) mass is 154 g/mol. The summed E-state index contributed by atoms with van der Waals surface area (Å²) in [5.74, 6) is 0.940. The van der Waals surface area contributed by atoms with Crippen molar-refractivity contribution in [3.8, 4) is 0 Å². The second kappa shape index (κ2) is 2.81. The SMILES string of the molecule is CC1COC(C2CCCN2)=N1. The van der Waals surface area contributed by atoms with Crippen LogP contribution in [0.2, 0.25) is 0 Å². The van der Waals surface area contributed by atoms with Crippen LogP contribution in [0.1, 0.15) is 19.8 Å². The van der Waals surface area contributed by atoms with Crippen LogP contribution in [0.4, 0.5) is 0 Å². The summed E-state index contributed by atoms with van der Waals surface area (Å²) >= 11 is 0. The molecular weight excluding hydrogens is 140 g/mol. The van der Waals surface area contributed by atoms with Crippen molar-refractivity contribution in [1.82, 2.24) is 5.32 Å². The first-order valence-corrected chi connectivity index (χ1v) is 4.30. The van der Waals surface area contributed by atoms with Gasteiger partial charge in [-0.15, -0.1) is 0 Å². The third kappa shape index (κ3) is 1.38. The van der Waals surface area contributed by atoms with Gasteiger partial charge < -0.3 is 10.1 Å². The molecule has 2 aliphatic heterocycles. The molecule has 0 bridgehead atoms. The summed E-state index contributed by atoms with van der Waals surface area (Å²) in [5.41, 5.74) is 0. The van der Waals surface area contributed by atoms with Crippen molar-refractivity contribution in [2.45, 2.75) is 31.8 Å². The lowest BCUT2D eigenvalue weighted by molar-refractivity contribution is 0.308. The maximum atomic E-state index is 5.44. The lowest BCUT2D eigenvalue weighted by Gasteiger charge is -2.08. The van der Waals surface area contributed by atoms with Gasteiger partial charge in [-0.3, -0.25) is 0 Å². The molecule has 1 N–H and O–H groups in total. The Balaban J connectivity index is 1.98. The van der Waals surface area contributed by atoms with E-state index >= 15 is 0 Å². The van der Waals surface area contributed by atoms with Gasteiger partial charge in [0.2, 0.25) is 5.90 Å². The zero-order valence-electron chi connectivity index (χ0n) is 6.84. The van der Waals surface area contributed by atoms with Crippen LogP contribution in [0.15, 0.2) is 4.99 Å². The average Bonchev–Trinajstić information content (AvgIpc) is 2.55. The lowest BCUT2D eigenvalue weighted by Crippen LogP contribution is -2.30. The molecule has 0 aromatic carbocycles. The van der Waals surface area contributed by atoms with Crippen LogP contribution < -0.4 is 5.32 Å². The van der Waals surface area contributed by atoms with Gasteiger partial charge in [0.1, 0.15) is 6.61 Å². The van der Waals surface area contributed by atoms with Gasteiger partial charge in [0.05, 0.1) is 12.1 Å². The highest BCUT2D eigenvalue weighted by Crippen LogP contribution is 2.13. The number of ether oxygens (including phenoxy) is 1. The van der Waals surface area contributed by atoms with E-state index in [9.17, 15) is 0 Å². The van der Waals surface area contributed by atoms with Crippen molar-refractivity contribution in [2.75, 3.05) is 13.2 Å². The Kier molecular flexibility index (Phi) is 1.82. The van der Waals surface area contributed by atoms with E-state index in [0.29, 0.717) is 12.1 Å². The molecule has 2 unspecified atom stereocenters. The highest BCUT2D eigenvalue weighted by molar-refractivity contribution is 5.83. The van der Waals surface area contributed by atoms with Gasteiger partial charge in [-0.25, -0.2) is 4.99 Å². The molecule has 0 radical (unpaired) electrons. The van der Waals surface area contributed by atoms with E-state index in [1.54, 1.807) is 0 Å². The fraction of sp³-hybridized carbons (Fsp3) is 0.875. The first-order chi connectivity index (χ1) is 5.36. The van der Waals surface area contributed by atoms with Crippen LogP contribution in [-0.2, 0) is 4.74 Å². The lowest BCUT2D eigenvalue weighted by atomic mass is 10.2. The van der Waals surface area contributed by atoms with Crippen LogP contribution in [0.25, 0.3) is 0 Å². The van der Waals surface area contributed by atoms with Gasteiger partial charge in [0, 0.05) is 0 Å². The predicted octanol–water partition coefficient (Wildman–Crippen LogP) is 0.556. The van der Waals surface area contributed by atoms with Gasteiger partial charge in [-0.1, -0.05) is 0 Å². The van der Waals surface area contributed by atoms with Crippen molar-refractivity contribution in [3.63, 3.8) is 0 Å². The van der Waals surface area contributed by atoms with Gasteiger partial charge in [0.15, 0.2) is 0 Å². The minimum absolute atomic E-state index is 0.368. The maximum Gasteiger partial charge on any atom is 0.201 e. The standard InChI is InChI=1S/C8H14N2O/c1-6-5-11-8(10-6)7-3-2-4-9-7/h6-7,9H,2-5H2,1H3.